The van der Waals surface area contributed by atoms with Crippen LogP contribution in [0.3, 0.4) is 0 Å². The van der Waals surface area contributed by atoms with Gasteiger partial charge < -0.3 is 10.1 Å². The molecule has 0 fully saturated rings. The van der Waals surface area contributed by atoms with Crippen LogP contribution in [0, 0.1) is 5.82 Å². The van der Waals surface area contributed by atoms with Gasteiger partial charge in [-0.05, 0) is 24.5 Å². The molecule has 19 heavy (non-hydrogen) atoms. The Morgan fingerprint density at radius 2 is 2.11 bits per heavy atom. The van der Waals surface area contributed by atoms with Gasteiger partial charge in [0.1, 0.15) is 5.82 Å². The van der Waals surface area contributed by atoms with Crippen molar-refractivity contribution in [1.29, 1.82) is 0 Å². The van der Waals surface area contributed by atoms with Crippen molar-refractivity contribution in [3.05, 3.63) is 34.6 Å². The first-order valence-corrected chi connectivity index (χ1v) is 7.38. The molecule has 100 valence electrons. The molecule has 0 atom stereocenters. The quantitative estimate of drug-likeness (QED) is 0.673. The lowest BCUT2D eigenvalue weighted by molar-refractivity contribution is 0.422. The van der Waals surface area contributed by atoms with Gasteiger partial charge in [-0.2, -0.15) is 4.98 Å². The predicted octanol–water partition coefficient (Wildman–Crippen LogP) is 3.93. The van der Waals surface area contributed by atoms with Gasteiger partial charge in [-0.3, -0.25) is 0 Å². The molecule has 0 unspecified atom stereocenters. The van der Waals surface area contributed by atoms with Crippen molar-refractivity contribution >= 4 is 33.5 Å². The summed E-state index contributed by atoms with van der Waals surface area (Å²) in [6.45, 7) is 0. The first-order chi connectivity index (χ1) is 9.12. The van der Waals surface area contributed by atoms with E-state index < -0.39 is 5.82 Å². The lowest BCUT2D eigenvalue weighted by atomic mass is 10.3. The number of nitrogens with one attached hydrogen (secondary N) is 1. The van der Waals surface area contributed by atoms with Gasteiger partial charge >= 0.3 is 0 Å². The second kappa shape index (κ2) is 6.21. The number of hydrogen-bond acceptors (Lipinski definition) is 5. The average Bonchev–Trinajstić information content (AvgIpc) is 2.42. The van der Waals surface area contributed by atoms with Crippen LogP contribution < -0.4 is 10.1 Å². The highest BCUT2D eigenvalue weighted by Gasteiger charge is 2.09. The third-order valence-corrected chi connectivity index (χ3v) is 3.27. The topological polar surface area (TPSA) is 47.0 Å². The van der Waals surface area contributed by atoms with Gasteiger partial charge in [0.2, 0.25) is 5.88 Å². The number of halogens is 2. The predicted molar refractivity (Wildman–Crippen MR) is 77.5 cm³/mol. The Bertz CT molecular complexity index is 575. The summed E-state index contributed by atoms with van der Waals surface area (Å²) in [6.07, 6.45) is 1.86. The van der Waals surface area contributed by atoms with Gasteiger partial charge in [0.25, 0.3) is 0 Å². The zero-order chi connectivity index (χ0) is 13.8. The van der Waals surface area contributed by atoms with Crippen molar-refractivity contribution in [2.75, 3.05) is 18.6 Å². The number of ether oxygens (including phenoxy) is 1. The largest absolute Gasteiger partial charge is 0.436 e. The van der Waals surface area contributed by atoms with Gasteiger partial charge in [0.15, 0.2) is 16.7 Å². The molecule has 0 spiro atoms. The highest BCUT2D eigenvalue weighted by atomic mass is 79.9. The smallest absolute Gasteiger partial charge is 0.225 e. The maximum Gasteiger partial charge on any atom is 0.225 e. The lowest BCUT2D eigenvalue weighted by Crippen LogP contribution is -1.98. The number of rotatable bonds is 4. The van der Waals surface area contributed by atoms with Gasteiger partial charge in [0.05, 0.1) is 0 Å². The highest BCUT2D eigenvalue weighted by Crippen LogP contribution is 2.28. The third kappa shape index (κ3) is 3.57. The summed E-state index contributed by atoms with van der Waals surface area (Å²) >= 11 is 4.66. The van der Waals surface area contributed by atoms with E-state index in [4.69, 9.17) is 4.74 Å². The molecule has 0 amide bonds. The van der Waals surface area contributed by atoms with Gasteiger partial charge in [0, 0.05) is 17.6 Å². The van der Waals surface area contributed by atoms with Crippen LogP contribution in [0.4, 0.5) is 10.2 Å². The first-order valence-electron chi connectivity index (χ1n) is 5.36. The van der Waals surface area contributed by atoms with Crippen LogP contribution in [0.5, 0.6) is 11.6 Å². The van der Waals surface area contributed by atoms with Crippen molar-refractivity contribution in [2.45, 2.75) is 5.16 Å². The normalized spacial score (nSPS) is 10.3. The van der Waals surface area contributed by atoms with E-state index in [2.05, 4.69) is 31.2 Å². The summed E-state index contributed by atoms with van der Waals surface area (Å²) in [7, 11) is 1.75. The molecule has 7 heteroatoms. The molecule has 1 aromatic heterocycles. The molecule has 0 saturated heterocycles. The van der Waals surface area contributed by atoms with E-state index in [-0.39, 0.29) is 5.75 Å². The van der Waals surface area contributed by atoms with Crippen LogP contribution in [-0.2, 0) is 0 Å². The SMILES string of the molecule is CNc1cc(Oc2cc(Br)ccc2F)nc(SC)n1. The maximum atomic E-state index is 13.6. The third-order valence-electron chi connectivity index (χ3n) is 2.23. The molecule has 1 aromatic carbocycles. The van der Waals surface area contributed by atoms with Crippen LogP contribution in [0.1, 0.15) is 0 Å². The Kier molecular flexibility index (Phi) is 4.60. The van der Waals surface area contributed by atoms with E-state index in [1.54, 1.807) is 25.2 Å². The molecule has 2 rings (SSSR count). The summed E-state index contributed by atoms with van der Waals surface area (Å²) in [5, 5.41) is 3.46. The number of thioether (sulfide) groups is 1. The van der Waals surface area contributed by atoms with Gasteiger partial charge in [-0.25, -0.2) is 9.37 Å². The van der Waals surface area contributed by atoms with Crippen molar-refractivity contribution in [1.82, 2.24) is 9.97 Å². The number of benzene rings is 1. The van der Waals surface area contributed by atoms with E-state index in [1.807, 2.05) is 6.26 Å². The van der Waals surface area contributed by atoms with Crippen LogP contribution in [0.2, 0.25) is 0 Å². The number of aromatic nitrogens is 2. The van der Waals surface area contributed by atoms with Crippen LogP contribution in [-0.4, -0.2) is 23.3 Å². The molecule has 4 nitrogen and oxygen atoms in total. The second-order valence-corrected chi connectivity index (χ2v) is 5.19. The molecule has 2 aromatic rings. The van der Waals surface area contributed by atoms with Gasteiger partial charge in [-0.15, -0.1) is 0 Å². The van der Waals surface area contributed by atoms with E-state index in [0.717, 1.165) is 4.47 Å². The van der Waals surface area contributed by atoms with Crippen LogP contribution in [0.15, 0.2) is 33.9 Å². The minimum atomic E-state index is -0.446. The fourth-order valence-electron chi connectivity index (χ4n) is 1.34. The molecule has 0 aliphatic carbocycles. The standard InChI is InChI=1S/C12H11BrFN3OS/c1-15-10-6-11(17-12(16-10)19-2)18-9-5-7(13)3-4-8(9)14/h3-6H,1-2H3,(H,15,16,17). The van der Waals surface area contributed by atoms with E-state index >= 15 is 0 Å². The van der Waals surface area contributed by atoms with E-state index in [9.17, 15) is 4.39 Å². The molecular formula is C12H11BrFN3OS. The Hall–Kier alpha value is -1.34. The molecule has 0 radical (unpaired) electrons. The van der Waals surface area contributed by atoms with E-state index in [1.165, 1.54) is 17.8 Å². The molecular weight excluding hydrogens is 333 g/mol. The zero-order valence-corrected chi connectivity index (χ0v) is 12.7. The number of anilines is 1. The average molecular weight is 344 g/mol. The fraction of sp³-hybridized carbons (Fsp3) is 0.167. The highest BCUT2D eigenvalue weighted by molar-refractivity contribution is 9.10. The van der Waals surface area contributed by atoms with Gasteiger partial charge in [-0.1, -0.05) is 27.7 Å². The van der Waals surface area contributed by atoms with Crippen molar-refractivity contribution in [3.8, 4) is 11.6 Å². The molecule has 0 aliphatic rings. The Morgan fingerprint density at radius 1 is 1.32 bits per heavy atom. The molecule has 1 N–H and O–H groups in total. The fourth-order valence-corrected chi connectivity index (χ4v) is 2.05. The lowest BCUT2D eigenvalue weighted by Gasteiger charge is -2.09. The Labute approximate surface area is 122 Å². The number of hydrogen-bond donors (Lipinski definition) is 1. The molecule has 1 heterocycles. The first kappa shape index (κ1) is 14.1. The van der Waals surface area contributed by atoms with Crippen molar-refractivity contribution < 1.29 is 9.13 Å². The molecule has 0 saturated carbocycles. The van der Waals surface area contributed by atoms with Crippen molar-refractivity contribution in [2.24, 2.45) is 0 Å². The van der Waals surface area contributed by atoms with Crippen molar-refractivity contribution in [3.63, 3.8) is 0 Å². The second-order valence-electron chi connectivity index (χ2n) is 3.50. The van der Waals surface area contributed by atoms with Crippen LogP contribution >= 0.6 is 27.7 Å². The zero-order valence-electron chi connectivity index (χ0n) is 10.3. The summed E-state index contributed by atoms with van der Waals surface area (Å²) < 4.78 is 19.8. The summed E-state index contributed by atoms with van der Waals surface area (Å²) in [4.78, 5) is 8.38. The minimum absolute atomic E-state index is 0.113. The molecule has 0 aliphatic heterocycles. The maximum absolute atomic E-state index is 13.6. The minimum Gasteiger partial charge on any atom is -0.436 e. The summed E-state index contributed by atoms with van der Waals surface area (Å²) in [6, 6.07) is 6.10. The number of nitrogens with zero attached hydrogens (tertiary/aromatic N) is 2. The Balaban J connectivity index is 2.34. The monoisotopic (exact) mass is 343 g/mol. The summed E-state index contributed by atoms with van der Waals surface area (Å²) in [5.74, 6) is 0.575. The van der Waals surface area contributed by atoms with E-state index in [0.29, 0.717) is 16.9 Å². The Morgan fingerprint density at radius 3 is 2.79 bits per heavy atom. The summed E-state index contributed by atoms with van der Waals surface area (Å²) in [5.41, 5.74) is 0. The van der Waals surface area contributed by atoms with Crippen LogP contribution in [0.25, 0.3) is 0 Å². The molecule has 0 bridgehead atoms.